The molecule has 0 unspecified atom stereocenters. The highest BCUT2D eigenvalue weighted by atomic mass is 35.5. The highest BCUT2D eigenvalue weighted by Crippen LogP contribution is 2.38. The van der Waals surface area contributed by atoms with Crippen LogP contribution in [0.5, 0.6) is 0 Å². The lowest BCUT2D eigenvalue weighted by atomic mass is 10.1. The maximum atomic E-state index is 5.98. The van der Waals surface area contributed by atoms with Gasteiger partial charge in [0.05, 0.1) is 0 Å². The van der Waals surface area contributed by atoms with Gasteiger partial charge in [-0.25, -0.2) is 0 Å². The Labute approximate surface area is 184 Å². The molecule has 0 aliphatic rings. The van der Waals surface area contributed by atoms with Crippen LogP contribution >= 0.6 is 57.7 Å². The van der Waals surface area contributed by atoms with E-state index in [9.17, 15) is 0 Å². The minimum atomic E-state index is 0.579. The Kier molecular flexibility index (Phi) is 8.04. The molecule has 0 saturated heterocycles. The summed E-state index contributed by atoms with van der Waals surface area (Å²) in [5, 5.41) is 2.53. The van der Waals surface area contributed by atoms with Crippen molar-refractivity contribution in [1.29, 1.82) is 0 Å². The van der Waals surface area contributed by atoms with Gasteiger partial charge in [-0.1, -0.05) is 0 Å². The first-order valence-electron chi connectivity index (χ1n) is 8.92. The van der Waals surface area contributed by atoms with Gasteiger partial charge >= 0.3 is 0 Å². The first-order chi connectivity index (χ1) is 13.2. The van der Waals surface area contributed by atoms with Crippen molar-refractivity contribution in [3.05, 3.63) is 36.4 Å². The highest BCUT2D eigenvalue weighted by molar-refractivity contribution is 7.25. The van der Waals surface area contributed by atoms with Crippen molar-refractivity contribution in [2.45, 2.75) is 0 Å². The van der Waals surface area contributed by atoms with E-state index in [1.165, 1.54) is 20.2 Å². The number of halogens is 4. The summed E-state index contributed by atoms with van der Waals surface area (Å²) in [7, 11) is 0. The molecule has 0 bridgehead atoms. The minimum absolute atomic E-state index is 0.579. The molecule has 0 aliphatic heterocycles. The molecule has 0 N–H and O–H groups in total. The van der Waals surface area contributed by atoms with Gasteiger partial charge < -0.3 is 9.80 Å². The van der Waals surface area contributed by atoms with Crippen LogP contribution in [0.1, 0.15) is 0 Å². The van der Waals surface area contributed by atoms with Crippen LogP contribution in [0.2, 0.25) is 0 Å². The molecule has 3 aromatic rings. The van der Waals surface area contributed by atoms with Crippen molar-refractivity contribution in [3.8, 4) is 0 Å². The lowest BCUT2D eigenvalue weighted by Crippen LogP contribution is -2.27. The second-order valence-electron chi connectivity index (χ2n) is 6.19. The molecule has 27 heavy (non-hydrogen) atoms. The number of alkyl halides is 4. The van der Waals surface area contributed by atoms with Crippen molar-refractivity contribution < 1.29 is 0 Å². The zero-order valence-electron chi connectivity index (χ0n) is 14.9. The molecule has 2 aromatic carbocycles. The van der Waals surface area contributed by atoms with Gasteiger partial charge in [0.25, 0.3) is 0 Å². The predicted molar refractivity (Wildman–Crippen MR) is 127 cm³/mol. The van der Waals surface area contributed by atoms with Crippen LogP contribution in [0.15, 0.2) is 36.4 Å². The lowest BCUT2D eigenvalue weighted by molar-refractivity contribution is 0.874. The average Bonchev–Trinajstić information content (AvgIpc) is 3.04. The average molecular weight is 464 g/mol. The van der Waals surface area contributed by atoms with Gasteiger partial charge in [-0.05, 0) is 36.4 Å². The van der Waals surface area contributed by atoms with Crippen LogP contribution in [0.3, 0.4) is 0 Å². The summed E-state index contributed by atoms with van der Waals surface area (Å²) in [5.41, 5.74) is 2.32. The predicted octanol–water partition coefficient (Wildman–Crippen LogP) is 6.62. The van der Waals surface area contributed by atoms with Crippen molar-refractivity contribution >= 4 is 89.3 Å². The number of anilines is 2. The van der Waals surface area contributed by atoms with E-state index in [1.807, 2.05) is 11.3 Å². The number of hydrogen-bond donors (Lipinski definition) is 0. The molecule has 0 atom stereocenters. The third-order valence-electron chi connectivity index (χ3n) is 4.58. The third-order valence-corrected chi connectivity index (χ3v) is 6.41. The molecule has 146 valence electrons. The maximum Gasteiger partial charge on any atom is 0.0399 e. The van der Waals surface area contributed by atoms with E-state index < -0.39 is 0 Å². The van der Waals surface area contributed by atoms with E-state index in [4.69, 9.17) is 46.4 Å². The second-order valence-corrected chi connectivity index (χ2v) is 8.79. The van der Waals surface area contributed by atoms with E-state index in [2.05, 4.69) is 46.2 Å². The molecular weight excluding hydrogens is 442 g/mol. The molecule has 0 spiro atoms. The largest absolute Gasteiger partial charge is 0.369 e. The van der Waals surface area contributed by atoms with Crippen molar-refractivity contribution in [3.63, 3.8) is 0 Å². The molecular formula is C20H22Cl4N2S. The van der Waals surface area contributed by atoms with Crippen LogP contribution in [-0.2, 0) is 0 Å². The summed E-state index contributed by atoms with van der Waals surface area (Å²) in [6.45, 7) is 3.14. The first-order valence-corrected chi connectivity index (χ1v) is 11.9. The zero-order chi connectivity index (χ0) is 19.2. The molecule has 0 saturated carbocycles. The zero-order valence-corrected chi connectivity index (χ0v) is 18.8. The smallest absolute Gasteiger partial charge is 0.0399 e. The summed E-state index contributed by atoms with van der Waals surface area (Å²) in [6.07, 6.45) is 0. The molecule has 0 radical (unpaired) electrons. The van der Waals surface area contributed by atoms with Gasteiger partial charge in [0, 0.05) is 81.2 Å². The number of hydrogen-bond acceptors (Lipinski definition) is 3. The molecule has 0 amide bonds. The Bertz CT molecular complexity index is 801. The summed E-state index contributed by atoms with van der Waals surface area (Å²) in [4.78, 5) is 4.47. The van der Waals surface area contributed by atoms with Crippen molar-refractivity contribution in [1.82, 2.24) is 0 Å². The standard InChI is InChI=1S/C20H22Cl4N2S/c21-5-9-25(10-6-22)15-1-3-19-17(13-15)18-14-16(2-4-20(18)27-19)26(11-7-23)12-8-24/h1-4,13-14H,5-12H2. The molecule has 2 nitrogen and oxygen atoms in total. The van der Waals surface area contributed by atoms with Gasteiger partial charge in [0.15, 0.2) is 0 Å². The minimum Gasteiger partial charge on any atom is -0.369 e. The van der Waals surface area contributed by atoms with E-state index in [0.29, 0.717) is 23.5 Å². The topological polar surface area (TPSA) is 6.48 Å². The number of fused-ring (bicyclic) bond motifs is 3. The van der Waals surface area contributed by atoms with Crippen LogP contribution < -0.4 is 9.80 Å². The van der Waals surface area contributed by atoms with E-state index in [-0.39, 0.29) is 0 Å². The fourth-order valence-corrected chi connectivity index (χ4v) is 5.18. The Morgan fingerprint density at radius 3 is 1.30 bits per heavy atom. The molecule has 3 rings (SSSR count). The fourth-order valence-electron chi connectivity index (χ4n) is 3.29. The van der Waals surface area contributed by atoms with Gasteiger partial charge in [0.2, 0.25) is 0 Å². The van der Waals surface area contributed by atoms with E-state index in [0.717, 1.165) is 37.6 Å². The highest BCUT2D eigenvalue weighted by Gasteiger charge is 2.12. The quantitative estimate of drug-likeness (QED) is 0.311. The molecule has 1 aromatic heterocycles. The fraction of sp³-hybridized carbons (Fsp3) is 0.400. The monoisotopic (exact) mass is 462 g/mol. The Hall–Kier alpha value is -0.580. The van der Waals surface area contributed by atoms with Crippen molar-refractivity contribution in [2.75, 3.05) is 59.5 Å². The Balaban J connectivity index is 2.05. The summed E-state index contributed by atoms with van der Waals surface area (Å²) in [6, 6.07) is 13.2. The van der Waals surface area contributed by atoms with Gasteiger partial charge in [-0.2, -0.15) is 0 Å². The third kappa shape index (κ3) is 4.89. The molecule has 0 fully saturated rings. The van der Waals surface area contributed by atoms with Gasteiger partial charge in [-0.3, -0.25) is 0 Å². The molecule has 7 heteroatoms. The molecule has 0 aliphatic carbocycles. The molecule has 1 heterocycles. The van der Waals surface area contributed by atoms with Gasteiger partial charge in [0.1, 0.15) is 0 Å². The maximum absolute atomic E-state index is 5.98. The summed E-state index contributed by atoms with van der Waals surface area (Å²) >= 11 is 25.7. The summed E-state index contributed by atoms with van der Waals surface area (Å²) < 4.78 is 2.56. The second kappa shape index (κ2) is 10.3. The summed E-state index contributed by atoms with van der Waals surface area (Å²) in [5.74, 6) is 2.31. The van der Waals surface area contributed by atoms with Crippen LogP contribution in [0.25, 0.3) is 20.2 Å². The number of thiophene rings is 1. The van der Waals surface area contributed by atoms with Crippen molar-refractivity contribution in [2.24, 2.45) is 0 Å². The lowest BCUT2D eigenvalue weighted by Gasteiger charge is -2.23. The van der Waals surface area contributed by atoms with E-state index in [1.54, 1.807) is 0 Å². The SMILES string of the molecule is ClCCN(CCCl)c1ccc2sc3ccc(N(CCCl)CCCl)cc3c2c1. The number of nitrogens with zero attached hydrogens (tertiary/aromatic N) is 2. The Morgan fingerprint density at radius 2 is 0.963 bits per heavy atom. The normalized spacial score (nSPS) is 11.4. The van der Waals surface area contributed by atoms with Crippen LogP contribution in [0.4, 0.5) is 11.4 Å². The van der Waals surface area contributed by atoms with Crippen LogP contribution in [-0.4, -0.2) is 49.7 Å². The first kappa shape index (κ1) is 21.1. The number of rotatable bonds is 10. The van der Waals surface area contributed by atoms with E-state index >= 15 is 0 Å². The van der Waals surface area contributed by atoms with Gasteiger partial charge in [-0.15, -0.1) is 57.7 Å². The van der Waals surface area contributed by atoms with Crippen LogP contribution in [0, 0.1) is 0 Å². The Morgan fingerprint density at radius 1 is 0.593 bits per heavy atom. The number of benzene rings is 2.